The minimum atomic E-state index is -0.466. The monoisotopic (exact) mass is 335 g/mol. The van der Waals surface area contributed by atoms with Crippen molar-refractivity contribution in [3.8, 4) is 0 Å². The van der Waals surface area contributed by atoms with Crippen molar-refractivity contribution in [3.63, 3.8) is 0 Å². The highest BCUT2D eigenvalue weighted by Crippen LogP contribution is 2.22. The van der Waals surface area contributed by atoms with E-state index in [1.807, 2.05) is 0 Å². The first-order valence-corrected chi connectivity index (χ1v) is 6.64. The molecule has 1 amide bonds. The zero-order valence-corrected chi connectivity index (χ0v) is 12.2. The number of carbonyl (C=O) groups excluding carboxylic acids is 2. The van der Waals surface area contributed by atoms with Crippen LogP contribution in [-0.2, 0) is 4.79 Å². The quantitative estimate of drug-likeness (QED) is 0.867. The van der Waals surface area contributed by atoms with Crippen molar-refractivity contribution in [1.82, 2.24) is 0 Å². The molecule has 5 heteroatoms. The summed E-state index contributed by atoms with van der Waals surface area (Å²) in [5.41, 5.74) is 1.29. The molecule has 3 nitrogen and oxygen atoms in total. The normalized spacial score (nSPS) is 10.2. The number of nitrogens with one attached hydrogen (secondary N) is 1. The molecule has 0 aliphatic rings. The highest BCUT2D eigenvalue weighted by Gasteiger charge is 2.13. The van der Waals surface area contributed by atoms with Crippen LogP contribution in [0.5, 0.6) is 0 Å². The smallest absolute Gasteiger partial charge is 0.221 e. The van der Waals surface area contributed by atoms with Crippen LogP contribution in [0.25, 0.3) is 0 Å². The molecule has 0 saturated heterocycles. The molecule has 0 aliphatic carbocycles. The van der Waals surface area contributed by atoms with Crippen LogP contribution >= 0.6 is 15.9 Å². The molecule has 0 bridgehead atoms. The van der Waals surface area contributed by atoms with E-state index in [2.05, 4.69) is 21.2 Å². The fraction of sp³-hybridized carbons (Fsp3) is 0.0667. The second kappa shape index (κ2) is 5.96. The zero-order chi connectivity index (χ0) is 14.7. The number of anilines is 1. The number of hydrogen-bond donors (Lipinski definition) is 1. The van der Waals surface area contributed by atoms with Crippen molar-refractivity contribution in [1.29, 1.82) is 0 Å². The molecule has 0 saturated carbocycles. The van der Waals surface area contributed by atoms with Gasteiger partial charge in [0.05, 0.1) is 0 Å². The maximum atomic E-state index is 13.2. The van der Waals surface area contributed by atoms with Crippen LogP contribution in [0.3, 0.4) is 0 Å². The molecule has 2 aromatic rings. The molecule has 0 spiro atoms. The predicted molar refractivity (Wildman–Crippen MR) is 78.3 cm³/mol. The van der Waals surface area contributed by atoms with Gasteiger partial charge in [-0.05, 0) is 42.5 Å². The molecule has 20 heavy (non-hydrogen) atoms. The van der Waals surface area contributed by atoms with Crippen LogP contribution in [-0.4, -0.2) is 11.7 Å². The van der Waals surface area contributed by atoms with E-state index in [-0.39, 0.29) is 17.3 Å². The Morgan fingerprint density at radius 3 is 2.35 bits per heavy atom. The Morgan fingerprint density at radius 2 is 1.75 bits per heavy atom. The van der Waals surface area contributed by atoms with E-state index in [1.165, 1.54) is 25.1 Å². The highest BCUT2D eigenvalue weighted by atomic mass is 79.9. The second-order valence-corrected chi connectivity index (χ2v) is 5.07. The van der Waals surface area contributed by atoms with Gasteiger partial charge in [-0.3, -0.25) is 9.59 Å². The van der Waals surface area contributed by atoms with Crippen molar-refractivity contribution in [2.45, 2.75) is 6.92 Å². The Hall–Kier alpha value is -2.01. The van der Waals surface area contributed by atoms with E-state index in [0.29, 0.717) is 15.7 Å². The standard InChI is InChI=1S/C15H11BrFNO2/c1-9(19)18-12-5-2-10(3-6-12)15(20)13-8-11(17)4-7-14(13)16/h2-8H,1H3,(H,18,19). The van der Waals surface area contributed by atoms with Gasteiger partial charge >= 0.3 is 0 Å². The van der Waals surface area contributed by atoms with E-state index in [0.717, 1.165) is 0 Å². The molecule has 0 fully saturated rings. The molecule has 0 aromatic heterocycles. The molecule has 1 N–H and O–H groups in total. The number of carbonyl (C=O) groups is 2. The average Bonchev–Trinajstić information content (AvgIpc) is 2.41. The summed E-state index contributed by atoms with van der Waals surface area (Å²) in [6.07, 6.45) is 0. The summed E-state index contributed by atoms with van der Waals surface area (Å²) < 4.78 is 13.7. The Bertz CT molecular complexity index is 668. The Morgan fingerprint density at radius 1 is 1.10 bits per heavy atom. The van der Waals surface area contributed by atoms with Gasteiger partial charge in [-0.1, -0.05) is 15.9 Å². The summed E-state index contributed by atoms with van der Waals surface area (Å²) in [7, 11) is 0. The van der Waals surface area contributed by atoms with Crippen LogP contribution < -0.4 is 5.32 Å². The maximum Gasteiger partial charge on any atom is 0.221 e. The Kier molecular flexibility index (Phi) is 4.29. The van der Waals surface area contributed by atoms with E-state index < -0.39 is 5.82 Å². The summed E-state index contributed by atoms with van der Waals surface area (Å²) in [4.78, 5) is 23.2. The maximum absolute atomic E-state index is 13.2. The van der Waals surface area contributed by atoms with Crippen LogP contribution in [0.1, 0.15) is 22.8 Å². The summed E-state index contributed by atoms with van der Waals surface area (Å²) >= 11 is 3.23. The summed E-state index contributed by atoms with van der Waals surface area (Å²) in [5.74, 6) is -0.936. The van der Waals surface area contributed by atoms with Crippen molar-refractivity contribution >= 4 is 33.3 Å². The van der Waals surface area contributed by atoms with Crippen LogP contribution in [0.15, 0.2) is 46.9 Å². The van der Waals surface area contributed by atoms with Gasteiger partial charge in [0.2, 0.25) is 5.91 Å². The van der Waals surface area contributed by atoms with Crippen LogP contribution in [0.4, 0.5) is 10.1 Å². The number of rotatable bonds is 3. The summed E-state index contributed by atoms with van der Waals surface area (Å²) in [6.45, 7) is 1.41. The molecule has 0 atom stereocenters. The van der Waals surface area contributed by atoms with Crippen LogP contribution in [0.2, 0.25) is 0 Å². The van der Waals surface area contributed by atoms with Gasteiger partial charge in [0.25, 0.3) is 0 Å². The van der Waals surface area contributed by atoms with Gasteiger partial charge in [-0.15, -0.1) is 0 Å². The molecule has 0 radical (unpaired) electrons. The Labute approximate surface area is 123 Å². The molecule has 2 aromatic carbocycles. The molecular formula is C15H11BrFNO2. The number of amides is 1. The fourth-order valence-electron chi connectivity index (χ4n) is 1.74. The lowest BCUT2D eigenvalue weighted by Crippen LogP contribution is -2.07. The first-order valence-electron chi connectivity index (χ1n) is 5.85. The predicted octanol–water partition coefficient (Wildman–Crippen LogP) is 3.78. The molecule has 0 aliphatic heterocycles. The lowest BCUT2D eigenvalue weighted by molar-refractivity contribution is -0.114. The summed E-state index contributed by atoms with van der Waals surface area (Å²) in [6, 6.07) is 10.4. The first kappa shape index (κ1) is 14.4. The minimum absolute atomic E-state index is 0.183. The van der Waals surface area contributed by atoms with Gasteiger partial charge < -0.3 is 5.32 Å². The van der Waals surface area contributed by atoms with Gasteiger partial charge in [0, 0.05) is 28.2 Å². The zero-order valence-electron chi connectivity index (χ0n) is 10.6. The number of halogens is 2. The molecule has 0 unspecified atom stereocenters. The third kappa shape index (κ3) is 3.30. The van der Waals surface area contributed by atoms with Gasteiger partial charge in [0.1, 0.15) is 5.82 Å². The fourth-order valence-corrected chi connectivity index (χ4v) is 2.16. The van der Waals surface area contributed by atoms with Crippen molar-refractivity contribution in [2.75, 3.05) is 5.32 Å². The van der Waals surface area contributed by atoms with Crippen LogP contribution in [0, 0.1) is 5.82 Å². The Balaban J connectivity index is 2.29. The van der Waals surface area contributed by atoms with Gasteiger partial charge in [-0.2, -0.15) is 0 Å². The van der Waals surface area contributed by atoms with E-state index >= 15 is 0 Å². The molecule has 102 valence electrons. The van der Waals surface area contributed by atoms with Crippen molar-refractivity contribution < 1.29 is 14.0 Å². The lowest BCUT2D eigenvalue weighted by atomic mass is 10.0. The topological polar surface area (TPSA) is 46.2 Å². The SMILES string of the molecule is CC(=O)Nc1ccc(C(=O)c2cc(F)ccc2Br)cc1. The van der Waals surface area contributed by atoms with E-state index in [1.54, 1.807) is 24.3 Å². The lowest BCUT2D eigenvalue weighted by Gasteiger charge is -2.06. The van der Waals surface area contributed by atoms with E-state index in [9.17, 15) is 14.0 Å². The van der Waals surface area contributed by atoms with Gasteiger partial charge in [-0.25, -0.2) is 4.39 Å². The largest absolute Gasteiger partial charge is 0.326 e. The number of hydrogen-bond acceptors (Lipinski definition) is 2. The minimum Gasteiger partial charge on any atom is -0.326 e. The third-order valence-electron chi connectivity index (χ3n) is 2.64. The van der Waals surface area contributed by atoms with E-state index in [4.69, 9.17) is 0 Å². The second-order valence-electron chi connectivity index (χ2n) is 4.21. The third-order valence-corrected chi connectivity index (χ3v) is 3.33. The highest BCUT2D eigenvalue weighted by molar-refractivity contribution is 9.10. The average molecular weight is 336 g/mol. The van der Waals surface area contributed by atoms with Crippen molar-refractivity contribution in [3.05, 3.63) is 63.9 Å². The first-order chi connectivity index (χ1) is 9.47. The van der Waals surface area contributed by atoms with Crippen molar-refractivity contribution in [2.24, 2.45) is 0 Å². The number of ketones is 1. The molecular weight excluding hydrogens is 325 g/mol. The number of benzene rings is 2. The summed E-state index contributed by atoms with van der Waals surface area (Å²) in [5, 5.41) is 2.61. The van der Waals surface area contributed by atoms with Gasteiger partial charge in [0.15, 0.2) is 5.78 Å². The molecule has 2 rings (SSSR count). The molecule has 0 heterocycles.